The Morgan fingerprint density at radius 1 is 1.40 bits per heavy atom. The number of hydrogen-bond donors (Lipinski definition) is 2. The molecule has 0 aromatic heterocycles. The Labute approximate surface area is 117 Å². The second-order valence-electron chi connectivity index (χ2n) is 4.65. The molecular weight excluding hydrogens is 260 g/mol. The number of aliphatic hydroxyl groups is 1. The number of carbonyl (C=O) groups excluding carboxylic acids is 2. The molecule has 1 saturated heterocycles. The largest absolute Gasteiger partial charge is 0.468 e. The van der Waals surface area contributed by atoms with Gasteiger partial charge in [0.25, 0.3) is 0 Å². The van der Waals surface area contributed by atoms with E-state index in [9.17, 15) is 14.7 Å². The number of amides is 1. The van der Waals surface area contributed by atoms with Gasteiger partial charge in [0.2, 0.25) is 5.91 Å². The molecule has 1 aliphatic heterocycles. The molecule has 0 saturated carbocycles. The van der Waals surface area contributed by atoms with E-state index in [-0.39, 0.29) is 18.9 Å². The number of rotatable bonds is 4. The maximum Gasteiger partial charge on any atom is 0.324 e. The summed E-state index contributed by atoms with van der Waals surface area (Å²) in [6.45, 7) is 0.126. The molecule has 2 N–H and O–H groups in total. The number of aliphatic hydroxyl groups excluding tert-OH is 1. The van der Waals surface area contributed by atoms with Crippen LogP contribution in [0, 0.1) is 0 Å². The molecule has 1 aliphatic rings. The molecule has 2 atom stereocenters. The monoisotopic (exact) mass is 278 g/mol. The highest BCUT2D eigenvalue weighted by atomic mass is 16.5. The minimum Gasteiger partial charge on any atom is -0.468 e. The third kappa shape index (κ3) is 3.34. The normalized spacial score (nSPS) is 21.8. The van der Waals surface area contributed by atoms with E-state index < -0.39 is 18.4 Å². The zero-order valence-electron chi connectivity index (χ0n) is 11.3. The van der Waals surface area contributed by atoms with E-state index in [4.69, 9.17) is 0 Å². The summed E-state index contributed by atoms with van der Waals surface area (Å²) in [6, 6.07) is 8.97. The van der Waals surface area contributed by atoms with Crippen LogP contribution in [-0.2, 0) is 20.7 Å². The molecule has 0 radical (unpaired) electrons. The summed E-state index contributed by atoms with van der Waals surface area (Å²) in [5, 5.41) is 12.4. The maximum atomic E-state index is 12.1. The molecule has 1 aromatic carbocycles. The van der Waals surface area contributed by atoms with Crippen LogP contribution in [0.2, 0.25) is 0 Å². The highest BCUT2D eigenvalue weighted by Crippen LogP contribution is 2.12. The van der Waals surface area contributed by atoms with Gasteiger partial charge in [-0.1, -0.05) is 30.3 Å². The van der Waals surface area contributed by atoms with Crippen LogP contribution in [0.4, 0.5) is 0 Å². The van der Waals surface area contributed by atoms with Gasteiger partial charge in [-0.2, -0.15) is 0 Å². The van der Waals surface area contributed by atoms with E-state index in [1.165, 1.54) is 12.0 Å². The zero-order valence-corrected chi connectivity index (χ0v) is 11.3. The lowest BCUT2D eigenvalue weighted by molar-refractivity contribution is -0.142. The molecule has 1 fully saturated rings. The lowest BCUT2D eigenvalue weighted by Gasteiger charge is -2.19. The van der Waals surface area contributed by atoms with E-state index in [0.29, 0.717) is 6.42 Å². The summed E-state index contributed by atoms with van der Waals surface area (Å²) in [6.07, 6.45) is -0.245. The first-order valence-electron chi connectivity index (χ1n) is 6.47. The molecule has 0 bridgehead atoms. The van der Waals surface area contributed by atoms with Crippen molar-refractivity contribution in [3.63, 3.8) is 0 Å². The molecule has 6 heteroatoms. The molecule has 2 rings (SSSR count). The smallest absolute Gasteiger partial charge is 0.324 e. The van der Waals surface area contributed by atoms with E-state index in [2.05, 4.69) is 10.1 Å². The van der Waals surface area contributed by atoms with E-state index in [0.717, 1.165) is 5.56 Å². The first-order chi connectivity index (χ1) is 9.61. The lowest BCUT2D eigenvalue weighted by atomic mass is 10.1. The van der Waals surface area contributed by atoms with Gasteiger partial charge in [0.1, 0.15) is 6.04 Å². The van der Waals surface area contributed by atoms with E-state index in [1.54, 1.807) is 0 Å². The Hall–Kier alpha value is -1.92. The van der Waals surface area contributed by atoms with Gasteiger partial charge < -0.3 is 14.7 Å². The highest BCUT2D eigenvalue weighted by Gasteiger charge is 2.37. The fourth-order valence-corrected chi connectivity index (χ4v) is 2.18. The zero-order chi connectivity index (χ0) is 14.5. The van der Waals surface area contributed by atoms with Crippen LogP contribution >= 0.6 is 0 Å². The topological polar surface area (TPSA) is 78.9 Å². The van der Waals surface area contributed by atoms with Gasteiger partial charge in [0.05, 0.1) is 13.7 Å². The minimum absolute atomic E-state index is 0.126. The van der Waals surface area contributed by atoms with E-state index >= 15 is 0 Å². The van der Waals surface area contributed by atoms with Crippen molar-refractivity contribution in [1.29, 1.82) is 0 Å². The van der Waals surface area contributed by atoms with E-state index in [1.807, 2.05) is 30.3 Å². The molecule has 6 nitrogen and oxygen atoms in total. The van der Waals surface area contributed by atoms with Crippen molar-refractivity contribution in [3.8, 4) is 0 Å². The Kier molecular flexibility index (Phi) is 4.70. The first kappa shape index (κ1) is 14.5. The van der Waals surface area contributed by atoms with Crippen molar-refractivity contribution in [2.24, 2.45) is 0 Å². The summed E-state index contributed by atoms with van der Waals surface area (Å²) >= 11 is 0. The van der Waals surface area contributed by atoms with Crippen LogP contribution in [0.5, 0.6) is 0 Å². The molecule has 108 valence electrons. The number of benzene rings is 1. The second-order valence-corrected chi connectivity index (χ2v) is 4.65. The second kappa shape index (κ2) is 6.49. The molecule has 1 heterocycles. The number of nitrogens with zero attached hydrogens (tertiary/aromatic N) is 1. The van der Waals surface area contributed by atoms with Crippen molar-refractivity contribution < 1.29 is 19.4 Å². The van der Waals surface area contributed by atoms with Crippen LogP contribution in [0.25, 0.3) is 0 Å². The highest BCUT2D eigenvalue weighted by molar-refractivity contribution is 5.81. The van der Waals surface area contributed by atoms with Crippen LogP contribution in [-0.4, -0.2) is 47.9 Å². The molecule has 0 aliphatic carbocycles. The third-order valence-electron chi connectivity index (χ3n) is 3.30. The van der Waals surface area contributed by atoms with Crippen molar-refractivity contribution in [3.05, 3.63) is 35.9 Å². The SMILES string of the molecule is COC(=O)[C@@H]1CN(C(=O)CCc2ccccc2)C(O)N1. The number of ether oxygens (including phenoxy) is 1. The number of aryl methyl sites for hydroxylation is 1. The molecule has 1 unspecified atom stereocenters. The average Bonchev–Trinajstić information content (AvgIpc) is 2.87. The maximum absolute atomic E-state index is 12.1. The lowest BCUT2D eigenvalue weighted by Crippen LogP contribution is -2.40. The van der Waals surface area contributed by atoms with Crippen LogP contribution < -0.4 is 5.32 Å². The molecule has 20 heavy (non-hydrogen) atoms. The number of methoxy groups -OCH3 is 1. The van der Waals surface area contributed by atoms with Gasteiger partial charge >= 0.3 is 5.97 Å². The molecular formula is C14H18N2O4. The summed E-state index contributed by atoms with van der Waals surface area (Å²) in [4.78, 5) is 24.7. The fourth-order valence-electron chi connectivity index (χ4n) is 2.18. The average molecular weight is 278 g/mol. The van der Waals surface area contributed by atoms with Crippen molar-refractivity contribution >= 4 is 11.9 Å². The van der Waals surface area contributed by atoms with Crippen molar-refractivity contribution in [2.45, 2.75) is 25.2 Å². The molecule has 1 aromatic rings. The number of nitrogens with one attached hydrogen (secondary N) is 1. The first-order valence-corrected chi connectivity index (χ1v) is 6.47. The Bertz CT molecular complexity index is 477. The Balaban J connectivity index is 1.88. The number of carbonyl (C=O) groups is 2. The Morgan fingerprint density at radius 3 is 2.75 bits per heavy atom. The standard InChI is InChI=1S/C14H18N2O4/c1-20-13(18)11-9-16(14(19)15-11)12(17)8-7-10-5-3-2-4-6-10/h2-6,11,14-15,19H,7-9H2,1H3/t11-,14?/m0/s1. The van der Waals surface area contributed by atoms with Crippen LogP contribution in [0.1, 0.15) is 12.0 Å². The third-order valence-corrected chi connectivity index (χ3v) is 3.30. The Morgan fingerprint density at radius 2 is 2.10 bits per heavy atom. The van der Waals surface area contributed by atoms with Gasteiger partial charge in [0.15, 0.2) is 6.35 Å². The van der Waals surface area contributed by atoms with Crippen molar-refractivity contribution in [2.75, 3.05) is 13.7 Å². The summed E-state index contributed by atoms with van der Waals surface area (Å²) in [7, 11) is 1.27. The van der Waals surface area contributed by atoms with Gasteiger partial charge in [-0.25, -0.2) is 0 Å². The minimum atomic E-state index is -1.14. The van der Waals surface area contributed by atoms with Gasteiger partial charge in [-0.05, 0) is 12.0 Å². The fraction of sp³-hybridized carbons (Fsp3) is 0.429. The van der Waals surface area contributed by atoms with Crippen LogP contribution in [0.3, 0.4) is 0 Å². The number of hydrogen-bond acceptors (Lipinski definition) is 5. The van der Waals surface area contributed by atoms with Gasteiger partial charge in [-0.3, -0.25) is 14.9 Å². The predicted octanol–water partition coefficient (Wildman–Crippen LogP) is -0.132. The summed E-state index contributed by atoms with van der Waals surface area (Å²) in [5.74, 6) is -0.678. The molecule has 0 spiro atoms. The molecule has 1 amide bonds. The summed E-state index contributed by atoms with van der Waals surface area (Å²) in [5.41, 5.74) is 1.06. The summed E-state index contributed by atoms with van der Waals surface area (Å²) < 4.78 is 4.59. The predicted molar refractivity (Wildman–Crippen MR) is 71.4 cm³/mol. The number of esters is 1. The quantitative estimate of drug-likeness (QED) is 0.750. The van der Waals surface area contributed by atoms with Crippen LogP contribution in [0.15, 0.2) is 30.3 Å². The van der Waals surface area contributed by atoms with Gasteiger partial charge in [-0.15, -0.1) is 0 Å². The van der Waals surface area contributed by atoms with Gasteiger partial charge in [0, 0.05) is 6.42 Å². The van der Waals surface area contributed by atoms with Crippen molar-refractivity contribution in [1.82, 2.24) is 10.2 Å².